The van der Waals surface area contributed by atoms with Gasteiger partial charge in [0.25, 0.3) is 0 Å². The Morgan fingerprint density at radius 2 is 1.64 bits per heavy atom. The predicted octanol–water partition coefficient (Wildman–Crippen LogP) is 5.81. The molecule has 3 rings (SSSR count). The molecule has 25 heavy (non-hydrogen) atoms. The molecular formula is C20H20ClNOS2. The molecule has 0 aliphatic rings. The first kappa shape index (κ1) is 18.3. The Labute approximate surface area is 160 Å². The van der Waals surface area contributed by atoms with Gasteiger partial charge < -0.3 is 0 Å². The van der Waals surface area contributed by atoms with Crippen molar-refractivity contribution in [3.05, 3.63) is 75.1 Å². The van der Waals surface area contributed by atoms with Crippen LogP contribution in [0.15, 0.2) is 53.4 Å². The molecule has 2 aromatic carbocycles. The summed E-state index contributed by atoms with van der Waals surface area (Å²) in [5, 5.41) is 0.737. The maximum atomic E-state index is 12.7. The highest BCUT2D eigenvalue weighted by Crippen LogP contribution is 2.29. The van der Waals surface area contributed by atoms with Crippen LogP contribution in [0.25, 0.3) is 10.4 Å². The molecule has 5 heteroatoms. The molecule has 1 N–H and O–H groups in total. The summed E-state index contributed by atoms with van der Waals surface area (Å²) >= 11 is 7.64. The van der Waals surface area contributed by atoms with E-state index in [0.29, 0.717) is 6.54 Å². The largest absolute Gasteiger partial charge is 0.237 e. The Morgan fingerprint density at radius 1 is 1.00 bits per heavy atom. The van der Waals surface area contributed by atoms with E-state index in [-0.39, 0.29) is 0 Å². The Hall–Kier alpha value is -1.46. The molecule has 1 atom stereocenters. The first-order chi connectivity index (χ1) is 11.9. The lowest BCUT2D eigenvalue weighted by atomic mass is 10.1. The van der Waals surface area contributed by atoms with Crippen LogP contribution in [0.2, 0.25) is 5.02 Å². The van der Waals surface area contributed by atoms with Gasteiger partial charge in [0.1, 0.15) is 11.0 Å². The highest BCUT2D eigenvalue weighted by atomic mass is 35.5. The number of hydrogen-bond acceptors (Lipinski definition) is 2. The van der Waals surface area contributed by atoms with Crippen LogP contribution < -0.4 is 4.72 Å². The Balaban J connectivity index is 1.70. The summed E-state index contributed by atoms with van der Waals surface area (Å²) in [6.45, 7) is 6.67. The monoisotopic (exact) mass is 389 g/mol. The van der Waals surface area contributed by atoms with Crippen LogP contribution in [-0.2, 0) is 17.5 Å². The van der Waals surface area contributed by atoms with E-state index in [0.717, 1.165) is 31.5 Å². The number of thiophene rings is 1. The molecule has 1 aromatic heterocycles. The molecule has 130 valence electrons. The summed E-state index contributed by atoms with van der Waals surface area (Å²) in [4.78, 5) is 3.22. The zero-order valence-corrected chi connectivity index (χ0v) is 16.8. The molecule has 3 aromatic rings. The van der Waals surface area contributed by atoms with Gasteiger partial charge in [0.05, 0.1) is 4.90 Å². The number of benzene rings is 2. The molecule has 0 spiro atoms. The van der Waals surface area contributed by atoms with Crippen molar-refractivity contribution in [3.8, 4) is 10.4 Å². The minimum Gasteiger partial charge on any atom is -0.237 e. The van der Waals surface area contributed by atoms with E-state index in [4.69, 9.17) is 11.6 Å². The predicted molar refractivity (Wildman–Crippen MR) is 109 cm³/mol. The van der Waals surface area contributed by atoms with E-state index in [1.54, 1.807) is 11.3 Å². The van der Waals surface area contributed by atoms with Gasteiger partial charge in [-0.15, -0.1) is 11.3 Å². The van der Waals surface area contributed by atoms with Gasteiger partial charge in [0.2, 0.25) is 0 Å². The molecule has 0 aliphatic heterocycles. The van der Waals surface area contributed by atoms with Crippen molar-refractivity contribution >= 4 is 33.9 Å². The number of nitrogens with one attached hydrogen (secondary N) is 1. The van der Waals surface area contributed by atoms with E-state index < -0.39 is 11.0 Å². The highest BCUT2D eigenvalue weighted by Gasteiger charge is 2.12. The molecule has 1 unspecified atom stereocenters. The molecule has 0 radical (unpaired) electrons. The number of halogens is 1. The van der Waals surface area contributed by atoms with Gasteiger partial charge in [0.15, 0.2) is 0 Å². The minimum absolute atomic E-state index is 0.581. The lowest BCUT2D eigenvalue weighted by Gasteiger charge is -2.11. The summed E-state index contributed by atoms with van der Waals surface area (Å²) in [7, 11) is -1.21. The molecular weight excluding hydrogens is 370 g/mol. The van der Waals surface area contributed by atoms with Crippen LogP contribution in [0, 0.1) is 20.8 Å². The molecule has 0 bridgehead atoms. The number of hydrogen-bond donors (Lipinski definition) is 1. The van der Waals surface area contributed by atoms with E-state index in [2.05, 4.69) is 35.9 Å². The van der Waals surface area contributed by atoms with Crippen LogP contribution in [0.5, 0.6) is 0 Å². The first-order valence-electron chi connectivity index (χ1n) is 8.02. The second-order valence-electron chi connectivity index (χ2n) is 6.09. The average Bonchev–Trinajstić information content (AvgIpc) is 3.01. The molecule has 0 amide bonds. The van der Waals surface area contributed by atoms with Gasteiger partial charge in [-0.2, -0.15) is 0 Å². The summed E-state index contributed by atoms with van der Waals surface area (Å²) < 4.78 is 15.8. The van der Waals surface area contributed by atoms with Crippen molar-refractivity contribution in [1.29, 1.82) is 0 Å². The first-order valence-corrected chi connectivity index (χ1v) is 10.4. The Morgan fingerprint density at radius 3 is 2.28 bits per heavy atom. The fourth-order valence-corrected chi connectivity index (χ4v) is 5.21. The maximum Gasteiger partial charge on any atom is 0.125 e. The van der Waals surface area contributed by atoms with Crippen LogP contribution in [0.1, 0.15) is 21.6 Å². The van der Waals surface area contributed by atoms with Crippen LogP contribution in [0.4, 0.5) is 0 Å². The van der Waals surface area contributed by atoms with Gasteiger partial charge in [-0.1, -0.05) is 41.4 Å². The van der Waals surface area contributed by atoms with Gasteiger partial charge >= 0.3 is 0 Å². The molecule has 2 nitrogen and oxygen atoms in total. The lowest BCUT2D eigenvalue weighted by molar-refractivity contribution is 0.671. The van der Waals surface area contributed by atoms with Crippen LogP contribution in [0.3, 0.4) is 0 Å². The highest BCUT2D eigenvalue weighted by molar-refractivity contribution is 7.83. The molecule has 0 fully saturated rings. The van der Waals surface area contributed by atoms with Crippen molar-refractivity contribution in [2.45, 2.75) is 32.2 Å². The fourth-order valence-electron chi connectivity index (χ4n) is 2.91. The summed E-state index contributed by atoms with van der Waals surface area (Å²) in [6, 6.07) is 16.1. The SMILES string of the molecule is Cc1cc(C)c(S(=O)NCc2ccc(-c3ccc(Cl)cc3)s2)c(C)c1. The van der Waals surface area contributed by atoms with Crippen molar-refractivity contribution in [3.63, 3.8) is 0 Å². The zero-order valence-electron chi connectivity index (χ0n) is 14.4. The number of rotatable bonds is 5. The van der Waals surface area contributed by atoms with Crippen LogP contribution in [-0.4, -0.2) is 4.21 Å². The summed E-state index contributed by atoms with van der Waals surface area (Å²) in [5.41, 5.74) is 4.47. The Bertz CT molecular complexity index is 893. The maximum absolute atomic E-state index is 12.7. The van der Waals surface area contributed by atoms with Crippen LogP contribution >= 0.6 is 22.9 Å². The molecule has 1 heterocycles. The second-order valence-corrected chi connectivity index (χ2v) is 8.93. The van der Waals surface area contributed by atoms with Gasteiger partial charge in [-0.05, 0) is 61.7 Å². The van der Waals surface area contributed by atoms with E-state index in [1.807, 2.05) is 38.1 Å². The standard InChI is InChI=1S/C20H20ClNOS2/c1-13-10-14(2)20(15(3)11-13)25(23)22-12-18-8-9-19(24-18)16-4-6-17(21)7-5-16/h4-11,22H,12H2,1-3H3. The van der Waals surface area contributed by atoms with Gasteiger partial charge in [-0.3, -0.25) is 0 Å². The second kappa shape index (κ2) is 7.83. The smallest absolute Gasteiger partial charge is 0.125 e. The third-order valence-electron chi connectivity index (χ3n) is 3.96. The van der Waals surface area contributed by atoms with E-state index in [1.165, 1.54) is 10.4 Å². The molecule has 0 aliphatic carbocycles. The van der Waals surface area contributed by atoms with Crippen molar-refractivity contribution in [2.24, 2.45) is 0 Å². The minimum atomic E-state index is -1.21. The van der Waals surface area contributed by atoms with Crippen molar-refractivity contribution < 1.29 is 4.21 Å². The lowest BCUT2D eigenvalue weighted by Crippen LogP contribution is -2.18. The fraction of sp³-hybridized carbons (Fsp3) is 0.200. The Kier molecular flexibility index (Phi) is 5.74. The average molecular weight is 390 g/mol. The summed E-state index contributed by atoms with van der Waals surface area (Å²) in [5.74, 6) is 0. The molecule has 0 saturated carbocycles. The topological polar surface area (TPSA) is 29.1 Å². The quantitative estimate of drug-likeness (QED) is 0.586. The number of aryl methyl sites for hydroxylation is 3. The van der Waals surface area contributed by atoms with E-state index in [9.17, 15) is 4.21 Å². The van der Waals surface area contributed by atoms with Gasteiger partial charge in [0, 0.05) is 21.3 Å². The third kappa shape index (κ3) is 4.39. The molecule has 0 saturated heterocycles. The van der Waals surface area contributed by atoms with Crippen molar-refractivity contribution in [2.75, 3.05) is 0 Å². The third-order valence-corrected chi connectivity index (χ3v) is 6.77. The summed E-state index contributed by atoms with van der Waals surface area (Å²) in [6.07, 6.45) is 0. The van der Waals surface area contributed by atoms with Gasteiger partial charge in [-0.25, -0.2) is 8.93 Å². The zero-order chi connectivity index (χ0) is 18.0. The normalized spacial score (nSPS) is 12.3. The van der Waals surface area contributed by atoms with E-state index >= 15 is 0 Å². The van der Waals surface area contributed by atoms with Crippen molar-refractivity contribution in [1.82, 2.24) is 4.72 Å².